The Kier molecular flexibility index (Phi) is 7.87. The lowest BCUT2D eigenvalue weighted by atomic mass is 9.78. The van der Waals surface area contributed by atoms with Crippen LogP contribution >= 0.6 is 0 Å². The van der Waals surface area contributed by atoms with Crippen molar-refractivity contribution in [1.29, 1.82) is 0 Å². The molecule has 1 aliphatic rings. The van der Waals surface area contributed by atoms with Gasteiger partial charge in [0, 0.05) is 26.9 Å². The van der Waals surface area contributed by atoms with Gasteiger partial charge in [-0.25, -0.2) is 0 Å². The Balaban J connectivity index is 2.39. The molecule has 1 aliphatic carbocycles. The summed E-state index contributed by atoms with van der Waals surface area (Å²) in [6, 6.07) is 0. The molecule has 0 aliphatic heterocycles. The highest BCUT2D eigenvalue weighted by Crippen LogP contribution is 2.34. The maximum absolute atomic E-state index is 6.25. The molecule has 1 N–H and O–H groups in total. The second-order valence-corrected chi connectivity index (χ2v) is 5.76. The quantitative estimate of drug-likeness (QED) is 0.644. The third-order valence-corrected chi connectivity index (χ3v) is 3.82. The Bertz CT molecular complexity index is 211. The normalized spacial score (nSPS) is 28.5. The van der Waals surface area contributed by atoms with Crippen LogP contribution in [0.3, 0.4) is 0 Å². The van der Waals surface area contributed by atoms with E-state index in [0.29, 0.717) is 0 Å². The molecule has 3 heteroatoms. The van der Waals surface area contributed by atoms with Crippen molar-refractivity contribution in [2.24, 2.45) is 5.92 Å². The Morgan fingerprint density at radius 2 is 2.17 bits per heavy atom. The average molecular weight is 257 g/mol. The van der Waals surface area contributed by atoms with Crippen LogP contribution in [0, 0.1) is 5.92 Å². The van der Waals surface area contributed by atoms with E-state index < -0.39 is 0 Å². The Morgan fingerprint density at radius 3 is 2.83 bits per heavy atom. The van der Waals surface area contributed by atoms with E-state index in [-0.39, 0.29) is 5.60 Å². The van der Waals surface area contributed by atoms with Gasteiger partial charge in [0.05, 0.1) is 5.60 Å². The first kappa shape index (κ1) is 15.9. The molecule has 0 aromatic heterocycles. The molecule has 0 amide bonds. The van der Waals surface area contributed by atoms with Crippen LogP contribution in [0.15, 0.2) is 0 Å². The summed E-state index contributed by atoms with van der Waals surface area (Å²) >= 11 is 0. The Labute approximate surface area is 113 Å². The van der Waals surface area contributed by atoms with Crippen molar-refractivity contribution in [3.05, 3.63) is 0 Å². The summed E-state index contributed by atoms with van der Waals surface area (Å²) in [5.41, 5.74) is 0.0839. The van der Waals surface area contributed by atoms with Crippen molar-refractivity contribution in [2.45, 2.75) is 58.0 Å². The molecule has 0 radical (unpaired) electrons. The molecule has 1 fully saturated rings. The molecule has 1 rings (SSSR count). The van der Waals surface area contributed by atoms with Crippen molar-refractivity contribution in [2.75, 3.05) is 33.4 Å². The van der Waals surface area contributed by atoms with E-state index in [1.54, 1.807) is 7.11 Å². The van der Waals surface area contributed by atoms with Gasteiger partial charge >= 0.3 is 0 Å². The van der Waals surface area contributed by atoms with Crippen LogP contribution in [0.25, 0.3) is 0 Å². The molecular weight excluding hydrogens is 226 g/mol. The fraction of sp³-hybridized carbons (Fsp3) is 1.00. The molecule has 2 atom stereocenters. The van der Waals surface area contributed by atoms with Gasteiger partial charge in [0.1, 0.15) is 0 Å². The molecule has 0 aromatic carbocycles. The summed E-state index contributed by atoms with van der Waals surface area (Å²) in [5.74, 6) is 0.796. The zero-order valence-corrected chi connectivity index (χ0v) is 12.5. The number of methoxy groups -OCH3 is 1. The van der Waals surface area contributed by atoms with E-state index in [1.807, 2.05) is 0 Å². The van der Waals surface area contributed by atoms with Crippen LogP contribution in [0.1, 0.15) is 52.4 Å². The lowest BCUT2D eigenvalue weighted by Gasteiger charge is -2.40. The molecule has 108 valence electrons. The summed E-state index contributed by atoms with van der Waals surface area (Å²) in [6.07, 6.45) is 7.27. The van der Waals surface area contributed by atoms with Crippen molar-refractivity contribution < 1.29 is 9.47 Å². The summed E-state index contributed by atoms with van der Waals surface area (Å²) in [6.45, 7) is 8.30. The molecule has 0 heterocycles. The number of ether oxygens (including phenoxy) is 2. The van der Waals surface area contributed by atoms with E-state index in [9.17, 15) is 0 Å². The number of hydrogen-bond acceptors (Lipinski definition) is 3. The van der Waals surface area contributed by atoms with E-state index >= 15 is 0 Å². The zero-order valence-electron chi connectivity index (χ0n) is 12.5. The van der Waals surface area contributed by atoms with Crippen molar-refractivity contribution >= 4 is 0 Å². The molecule has 0 aromatic rings. The maximum Gasteiger partial charge on any atom is 0.0808 e. The average Bonchev–Trinajstić information content (AvgIpc) is 2.35. The summed E-state index contributed by atoms with van der Waals surface area (Å²) in [5, 5.41) is 3.55. The van der Waals surface area contributed by atoms with E-state index in [4.69, 9.17) is 9.47 Å². The van der Waals surface area contributed by atoms with Gasteiger partial charge < -0.3 is 14.8 Å². The number of rotatable bonds is 9. The van der Waals surface area contributed by atoms with Gasteiger partial charge in [-0.15, -0.1) is 0 Å². The molecule has 0 spiro atoms. The predicted octanol–water partition coefficient (Wildman–Crippen LogP) is 2.99. The van der Waals surface area contributed by atoms with Gasteiger partial charge in [-0.05, 0) is 38.1 Å². The van der Waals surface area contributed by atoms with E-state index in [0.717, 1.165) is 38.6 Å². The van der Waals surface area contributed by atoms with Gasteiger partial charge in [-0.1, -0.05) is 26.7 Å². The number of hydrogen-bond donors (Lipinski definition) is 1. The smallest absolute Gasteiger partial charge is 0.0808 e. The van der Waals surface area contributed by atoms with Gasteiger partial charge in [0.25, 0.3) is 0 Å². The lowest BCUT2D eigenvalue weighted by molar-refractivity contribution is -0.0830. The third kappa shape index (κ3) is 5.68. The van der Waals surface area contributed by atoms with Crippen LogP contribution in [0.2, 0.25) is 0 Å². The van der Waals surface area contributed by atoms with Crippen LogP contribution < -0.4 is 5.32 Å². The second-order valence-electron chi connectivity index (χ2n) is 5.76. The summed E-state index contributed by atoms with van der Waals surface area (Å²) < 4.78 is 11.3. The molecule has 18 heavy (non-hydrogen) atoms. The minimum Gasteiger partial charge on any atom is -0.385 e. The summed E-state index contributed by atoms with van der Waals surface area (Å²) in [7, 11) is 1.75. The van der Waals surface area contributed by atoms with Crippen molar-refractivity contribution in [1.82, 2.24) is 5.32 Å². The van der Waals surface area contributed by atoms with Crippen LogP contribution in [0.4, 0.5) is 0 Å². The third-order valence-electron chi connectivity index (χ3n) is 3.82. The zero-order chi connectivity index (χ0) is 13.3. The molecule has 0 saturated heterocycles. The molecule has 2 unspecified atom stereocenters. The largest absolute Gasteiger partial charge is 0.385 e. The molecule has 3 nitrogen and oxygen atoms in total. The Hall–Kier alpha value is -0.120. The fourth-order valence-electron chi connectivity index (χ4n) is 2.94. The highest BCUT2D eigenvalue weighted by molar-refractivity contribution is 4.89. The maximum atomic E-state index is 6.25. The topological polar surface area (TPSA) is 30.5 Å². The fourth-order valence-corrected chi connectivity index (χ4v) is 2.94. The van der Waals surface area contributed by atoms with Gasteiger partial charge in [-0.3, -0.25) is 0 Å². The monoisotopic (exact) mass is 257 g/mol. The molecule has 0 bridgehead atoms. The van der Waals surface area contributed by atoms with Crippen LogP contribution in [-0.2, 0) is 9.47 Å². The van der Waals surface area contributed by atoms with Gasteiger partial charge in [-0.2, -0.15) is 0 Å². The van der Waals surface area contributed by atoms with Crippen molar-refractivity contribution in [3.63, 3.8) is 0 Å². The van der Waals surface area contributed by atoms with Crippen LogP contribution in [-0.4, -0.2) is 39.0 Å². The first-order valence-corrected chi connectivity index (χ1v) is 7.56. The standard InChI is InChI=1S/C15H31NO2/c1-4-9-16-13-15(18-11-6-10-17-3)8-5-7-14(2)12-15/h14,16H,4-13H2,1-3H3. The number of nitrogens with one attached hydrogen (secondary N) is 1. The second kappa shape index (κ2) is 8.89. The van der Waals surface area contributed by atoms with E-state index in [1.165, 1.54) is 32.1 Å². The minimum atomic E-state index is 0.0839. The van der Waals surface area contributed by atoms with E-state index in [2.05, 4.69) is 19.2 Å². The first-order valence-electron chi connectivity index (χ1n) is 7.56. The lowest BCUT2D eigenvalue weighted by Crippen LogP contribution is -2.47. The van der Waals surface area contributed by atoms with Crippen LogP contribution in [0.5, 0.6) is 0 Å². The van der Waals surface area contributed by atoms with Crippen molar-refractivity contribution in [3.8, 4) is 0 Å². The highest BCUT2D eigenvalue weighted by Gasteiger charge is 2.35. The highest BCUT2D eigenvalue weighted by atomic mass is 16.5. The summed E-state index contributed by atoms with van der Waals surface area (Å²) in [4.78, 5) is 0. The van der Waals surface area contributed by atoms with Gasteiger partial charge in [0.15, 0.2) is 0 Å². The first-order chi connectivity index (χ1) is 8.72. The predicted molar refractivity (Wildman–Crippen MR) is 76.0 cm³/mol. The SMILES string of the molecule is CCCNCC1(OCCCOC)CCCC(C)C1. The van der Waals surface area contributed by atoms with Gasteiger partial charge in [0.2, 0.25) is 0 Å². The Morgan fingerprint density at radius 1 is 1.33 bits per heavy atom. The molecular formula is C15H31NO2. The minimum absolute atomic E-state index is 0.0839. The molecule has 1 saturated carbocycles.